The van der Waals surface area contributed by atoms with Gasteiger partial charge in [-0.3, -0.25) is 9.69 Å². The molecule has 5 rings (SSSR count). The molecule has 2 aliphatic heterocycles. The quantitative estimate of drug-likeness (QED) is 0.656. The number of rotatable bonds is 5. The third-order valence-corrected chi connectivity index (χ3v) is 8.12. The summed E-state index contributed by atoms with van der Waals surface area (Å²) < 4.78 is 5.49. The van der Waals surface area contributed by atoms with Crippen molar-refractivity contribution in [2.24, 2.45) is 5.92 Å². The van der Waals surface area contributed by atoms with Gasteiger partial charge in [-0.15, -0.1) is 0 Å². The molecule has 0 bridgehead atoms. The Balaban J connectivity index is 1.37. The molecule has 1 aliphatic carbocycles. The molecule has 2 N–H and O–H groups in total. The SMILES string of the molecule is O=C(CN1CC[C@@]2(O)CCCC[C@H]2[C@@H]1c1ccccc1Cl)Nc1ccccc1N1CCOCC1. The highest BCUT2D eigenvalue weighted by atomic mass is 35.5. The lowest BCUT2D eigenvalue weighted by Gasteiger charge is -2.52. The molecule has 6 nitrogen and oxygen atoms in total. The van der Waals surface area contributed by atoms with Crippen LogP contribution in [0.15, 0.2) is 48.5 Å². The van der Waals surface area contributed by atoms with Crippen LogP contribution in [0.25, 0.3) is 0 Å². The van der Waals surface area contributed by atoms with Gasteiger partial charge in [0, 0.05) is 36.6 Å². The number of likely N-dealkylation sites (tertiary alicyclic amines) is 1. The Morgan fingerprint density at radius 2 is 1.82 bits per heavy atom. The summed E-state index contributed by atoms with van der Waals surface area (Å²) in [5, 5.41) is 15.4. The molecule has 2 aromatic rings. The number of anilines is 2. The van der Waals surface area contributed by atoms with Crippen molar-refractivity contribution in [3.8, 4) is 0 Å². The van der Waals surface area contributed by atoms with Gasteiger partial charge >= 0.3 is 0 Å². The number of para-hydroxylation sites is 2. The number of carbonyl (C=O) groups is 1. The number of halogens is 1. The van der Waals surface area contributed by atoms with Gasteiger partial charge in [0.05, 0.1) is 36.7 Å². The fourth-order valence-corrected chi connectivity index (χ4v) is 6.33. The number of hydrogen-bond donors (Lipinski definition) is 2. The van der Waals surface area contributed by atoms with Crippen molar-refractivity contribution in [3.63, 3.8) is 0 Å². The van der Waals surface area contributed by atoms with Crippen LogP contribution in [0.4, 0.5) is 11.4 Å². The molecule has 2 aromatic carbocycles. The number of nitrogens with one attached hydrogen (secondary N) is 1. The van der Waals surface area contributed by atoms with Crippen molar-refractivity contribution < 1.29 is 14.6 Å². The van der Waals surface area contributed by atoms with Crippen molar-refractivity contribution in [1.29, 1.82) is 0 Å². The molecule has 0 spiro atoms. The van der Waals surface area contributed by atoms with Crippen LogP contribution in [0.5, 0.6) is 0 Å². The van der Waals surface area contributed by atoms with Crippen molar-refractivity contribution >= 4 is 28.9 Å². The molecule has 0 aromatic heterocycles. The first-order valence-electron chi connectivity index (χ1n) is 12.5. The number of piperidine rings is 1. The van der Waals surface area contributed by atoms with Gasteiger partial charge in [-0.1, -0.05) is 54.8 Å². The lowest BCUT2D eigenvalue weighted by Crippen LogP contribution is -2.56. The highest BCUT2D eigenvalue weighted by molar-refractivity contribution is 6.31. The molecular formula is C27H34ClN3O3. The largest absolute Gasteiger partial charge is 0.389 e. The molecule has 1 saturated carbocycles. The Kier molecular flexibility index (Phi) is 7.11. The zero-order chi connectivity index (χ0) is 23.5. The second kappa shape index (κ2) is 10.2. The Bertz CT molecular complexity index is 1010. The van der Waals surface area contributed by atoms with E-state index in [0.717, 1.165) is 55.7 Å². The summed E-state index contributed by atoms with van der Waals surface area (Å²) in [5.74, 6) is 0.0300. The van der Waals surface area contributed by atoms with E-state index in [0.29, 0.717) is 31.2 Å². The van der Waals surface area contributed by atoms with Gasteiger partial charge in [0.1, 0.15) is 0 Å². The maximum atomic E-state index is 13.3. The van der Waals surface area contributed by atoms with E-state index in [4.69, 9.17) is 16.3 Å². The molecule has 182 valence electrons. The van der Waals surface area contributed by atoms with Gasteiger partial charge < -0.3 is 20.1 Å². The summed E-state index contributed by atoms with van der Waals surface area (Å²) in [6.45, 7) is 3.95. The van der Waals surface area contributed by atoms with Gasteiger partial charge in [-0.25, -0.2) is 0 Å². The van der Waals surface area contributed by atoms with Crippen molar-refractivity contribution in [2.45, 2.75) is 43.7 Å². The standard InChI is InChI=1S/C27H34ClN3O3/c28-22-9-2-1-7-20(22)26-21-8-5-6-12-27(21,33)13-14-31(26)19-25(32)29-23-10-3-4-11-24(23)30-15-17-34-18-16-30/h1-4,7,9-11,21,26,33H,5-6,8,12-19H2,(H,29,32)/t21-,26-,27-/m0/s1. The number of fused-ring (bicyclic) bond motifs is 1. The molecule has 1 amide bonds. The van der Waals surface area contributed by atoms with Gasteiger partial charge in [0.2, 0.25) is 5.91 Å². The molecule has 0 radical (unpaired) electrons. The van der Waals surface area contributed by atoms with Gasteiger partial charge in [-0.2, -0.15) is 0 Å². The molecule has 34 heavy (non-hydrogen) atoms. The number of benzene rings is 2. The summed E-state index contributed by atoms with van der Waals surface area (Å²) in [6, 6.07) is 15.8. The molecule has 3 aliphatic rings. The third kappa shape index (κ3) is 4.82. The van der Waals surface area contributed by atoms with Crippen LogP contribution in [-0.2, 0) is 9.53 Å². The number of hydrogen-bond acceptors (Lipinski definition) is 5. The minimum absolute atomic E-state index is 0.0426. The first-order chi connectivity index (χ1) is 16.5. The second-order valence-corrected chi connectivity index (χ2v) is 10.2. The third-order valence-electron chi connectivity index (χ3n) is 7.77. The first kappa shape index (κ1) is 23.6. The molecule has 2 heterocycles. The summed E-state index contributed by atoms with van der Waals surface area (Å²) in [4.78, 5) is 17.8. The predicted molar refractivity (Wildman–Crippen MR) is 135 cm³/mol. The Hall–Kier alpha value is -2.12. The second-order valence-electron chi connectivity index (χ2n) is 9.81. The molecular weight excluding hydrogens is 450 g/mol. The predicted octanol–water partition coefficient (Wildman–Crippen LogP) is 4.48. The number of aliphatic hydroxyl groups is 1. The zero-order valence-electron chi connectivity index (χ0n) is 19.6. The number of ether oxygens (including phenoxy) is 1. The summed E-state index contributed by atoms with van der Waals surface area (Å²) >= 11 is 6.65. The topological polar surface area (TPSA) is 65.0 Å². The fraction of sp³-hybridized carbons (Fsp3) is 0.519. The summed E-state index contributed by atoms with van der Waals surface area (Å²) in [7, 11) is 0. The number of nitrogens with zero attached hydrogens (tertiary/aromatic N) is 2. The van der Waals surface area contributed by atoms with Crippen molar-refractivity contribution in [3.05, 3.63) is 59.1 Å². The minimum atomic E-state index is -0.683. The Labute approximate surface area is 206 Å². The van der Waals surface area contributed by atoms with Crippen LogP contribution in [-0.4, -0.2) is 60.9 Å². The molecule has 3 atom stereocenters. The smallest absolute Gasteiger partial charge is 0.238 e. The lowest BCUT2D eigenvalue weighted by molar-refractivity contribution is -0.135. The summed E-state index contributed by atoms with van der Waals surface area (Å²) in [5.41, 5.74) is 2.19. The lowest BCUT2D eigenvalue weighted by atomic mass is 9.66. The van der Waals surface area contributed by atoms with Crippen molar-refractivity contribution in [2.75, 3.05) is 49.6 Å². The van der Waals surface area contributed by atoms with Crippen LogP contribution in [0.2, 0.25) is 5.02 Å². The number of carbonyl (C=O) groups excluding carboxylic acids is 1. The normalized spacial score (nSPS) is 27.8. The van der Waals surface area contributed by atoms with Gasteiger partial charge in [-0.05, 0) is 43.0 Å². The highest BCUT2D eigenvalue weighted by Crippen LogP contribution is 2.50. The van der Waals surface area contributed by atoms with Crippen LogP contribution in [0, 0.1) is 5.92 Å². The van der Waals surface area contributed by atoms with Crippen LogP contribution >= 0.6 is 11.6 Å². The monoisotopic (exact) mass is 483 g/mol. The van der Waals surface area contributed by atoms with Crippen molar-refractivity contribution in [1.82, 2.24) is 4.90 Å². The van der Waals surface area contributed by atoms with E-state index in [-0.39, 0.29) is 24.4 Å². The maximum Gasteiger partial charge on any atom is 0.238 e. The Morgan fingerprint density at radius 3 is 2.65 bits per heavy atom. The molecule has 7 heteroatoms. The van der Waals surface area contributed by atoms with E-state index >= 15 is 0 Å². The average molecular weight is 484 g/mol. The average Bonchev–Trinajstić information content (AvgIpc) is 2.85. The van der Waals surface area contributed by atoms with Gasteiger partial charge in [0.25, 0.3) is 0 Å². The van der Waals surface area contributed by atoms with Crippen LogP contribution < -0.4 is 10.2 Å². The zero-order valence-corrected chi connectivity index (χ0v) is 20.3. The minimum Gasteiger partial charge on any atom is -0.389 e. The summed E-state index contributed by atoms with van der Waals surface area (Å²) in [6.07, 6.45) is 4.62. The van der Waals surface area contributed by atoms with E-state index in [1.807, 2.05) is 42.5 Å². The van der Waals surface area contributed by atoms with Gasteiger partial charge in [0.15, 0.2) is 0 Å². The van der Waals surface area contributed by atoms with E-state index in [9.17, 15) is 9.90 Å². The fourth-order valence-electron chi connectivity index (χ4n) is 6.08. The van der Waals surface area contributed by atoms with E-state index < -0.39 is 5.60 Å². The van der Waals surface area contributed by atoms with Crippen LogP contribution in [0.3, 0.4) is 0 Å². The number of morpholine rings is 1. The molecule has 3 fully saturated rings. The first-order valence-corrected chi connectivity index (χ1v) is 12.9. The number of amides is 1. The van der Waals surface area contributed by atoms with E-state index in [2.05, 4.69) is 21.2 Å². The molecule has 2 saturated heterocycles. The van der Waals surface area contributed by atoms with E-state index in [1.54, 1.807) is 0 Å². The molecule has 0 unspecified atom stereocenters. The highest BCUT2D eigenvalue weighted by Gasteiger charge is 2.49. The Morgan fingerprint density at radius 1 is 1.06 bits per heavy atom. The maximum absolute atomic E-state index is 13.3. The van der Waals surface area contributed by atoms with Crippen LogP contribution in [0.1, 0.15) is 43.7 Å². The van der Waals surface area contributed by atoms with E-state index in [1.165, 1.54) is 0 Å².